The first-order valence-electron chi connectivity index (χ1n) is 6.64. The molecule has 6 nitrogen and oxygen atoms in total. The maximum absolute atomic E-state index is 11.6. The number of imide groups is 1. The largest absolute Gasteiger partial charge is 0.392 e. The lowest BCUT2D eigenvalue weighted by atomic mass is 10.2. The molecule has 1 aliphatic heterocycles. The van der Waals surface area contributed by atoms with E-state index in [0.29, 0.717) is 19.5 Å². The molecule has 0 bridgehead atoms. The van der Waals surface area contributed by atoms with E-state index in [1.165, 1.54) is 0 Å². The molecule has 6 heteroatoms. The summed E-state index contributed by atoms with van der Waals surface area (Å²) in [4.78, 5) is 25.0. The molecule has 1 saturated heterocycles. The Morgan fingerprint density at radius 2 is 1.94 bits per heavy atom. The molecule has 1 atom stereocenters. The lowest BCUT2D eigenvalue weighted by Gasteiger charge is -2.15. The van der Waals surface area contributed by atoms with Crippen LogP contribution in [0.4, 0.5) is 4.79 Å². The van der Waals surface area contributed by atoms with Crippen molar-refractivity contribution in [3.63, 3.8) is 0 Å². The van der Waals surface area contributed by atoms with E-state index < -0.39 is 6.03 Å². The van der Waals surface area contributed by atoms with E-state index in [0.717, 1.165) is 25.7 Å². The Balaban J connectivity index is 1.65. The van der Waals surface area contributed by atoms with Crippen LogP contribution in [0.25, 0.3) is 0 Å². The molecule has 0 aromatic rings. The average molecular weight is 255 g/mol. The quantitative estimate of drug-likeness (QED) is 0.653. The van der Waals surface area contributed by atoms with E-state index in [2.05, 4.69) is 10.6 Å². The molecule has 1 aliphatic carbocycles. The summed E-state index contributed by atoms with van der Waals surface area (Å²) >= 11 is 0. The highest BCUT2D eigenvalue weighted by molar-refractivity contribution is 5.95. The van der Waals surface area contributed by atoms with Crippen LogP contribution >= 0.6 is 0 Å². The molecule has 2 aliphatic rings. The molecule has 3 amide bonds. The minimum Gasteiger partial charge on any atom is -0.392 e. The summed E-state index contributed by atoms with van der Waals surface area (Å²) in [7, 11) is 0. The molecule has 2 rings (SSSR count). The number of nitrogens with one attached hydrogen (secondary N) is 2. The number of likely N-dealkylation sites (tertiary alicyclic amines) is 1. The Bertz CT molecular complexity index is 316. The number of amides is 3. The fourth-order valence-electron chi connectivity index (χ4n) is 2.62. The van der Waals surface area contributed by atoms with Gasteiger partial charge in [0.2, 0.25) is 5.91 Å². The number of aliphatic hydroxyl groups excluding tert-OH is 1. The van der Waals surface area contributed by atoms with E-state index in [4.69, 9.17) is 0 Å². The minimum atomic E-state index is -0.397. The van der Waals surface area contributed by atoms with Gasteiger partial charge in [0.05, 0.1) is 12.6 Å². The van der Waals surface area contributed by atoms with Crippen molar-refractivity contribution in [3.05, 3.63) is 0 Å². The fourth-order valence-corrected chi connectivity index (χ4v) is 2.62. The van der Waals surface area contributed by atoms with Crippen molar-refractivity contribution >= 4 is 11.9 Å². The highest BCUT2D eigenvalue weighted by Gasteiger charge is 2.23. The van der Waals surface area contributed by atoms with Crippen molar-refractivity contribution in [2.24, 2.45) is 0 Å². The molecule has 102 valence electrons. The van der Waals surface area contributed by atoms with Gasteiger partial charge in [-0.15, -0.1) is 0 Å². The first-order chi connectivity index (χ1) is 8.63. The van der Waals surface area contributed by atoms with Crippen LogP contribution in [0.5, 0.6) is 0 Å². The Morgan fingerprint density at radius 1 is 1.22 bits per heavy atom. The first-order valence-corrected chi connectivity index (χ1v) is 6.64. The predicted octanol–water partition coefficient (Wildman–Crippen LogP) is -0.179. The molecule has 0 unspecified atom stereocenters. The van der Waals surface area contributed by atoms with Crippen molar-refractivity contribution in [3.8, 4) is 0 Å². The van der Waals surface area contributed by atoms with Crippen molar-refractivity contribution < 1.29 is 14.7 Å². The minimum absolute atomic E-state index is 0.176. The van der Waals surface area contributed by atoms with E-state index in [9.17, 15) is 14.7 Å². The van der Waals surface area contributed by atoms with Crippen molar-refractivity contribution in [2.75, 3.05) is 19.6 Å². The fraction of sp³-hybridized carbons (Fsp3) is 0.833. The van der Waals surface area contributed by atoms with E-state index in [1.54, 1.807) is 0 Å². The van der Waals surface area contributed by atoms with Crippen molar-refractivity contribution in [1.82, 2.24) is 15.5 Å². The third kappa shape index (κ3) is 3.96. The summed E-state index contributed by atoms with van der Waals surface area (Å²) in [5.74, 6) is -0.306. The number of rotatable bonds is 3. The third-order valence-corrected chi connectivity index (χ3v) is 3.56. The molecule has 0 radical (unpaired) electrons. The molecule has 18 heavy (non-hydrogen) atoms. The van der Waals surface area contributed by atoms with Crippen LogP contribution in [0.2, 0.25) is 0 Å². The number of hydrogen-bond acceptors (Lipinski definition) is 4. The van der Waals surface area contributed by atoms with Gasteiger partial charge in [0.1, 0.15) is 0 Å². The molecule has 0 spiro atoms. The van der Waals surface area contributed by atoms with Crippen LogP contribution in [0.1, 0.15) is 32.1 Å². The van der Waals surface area contributed by atoms with Gasteiger partial charge in [-0.3, -0.25) is 15.0 Å². The van der Waals surface area contributed by atoms with E-state index in [-0.39, 0.29) is 24.6 Å². The van der Waals surface area contributed by atoms with Gasteiger partial charge in [0.25, 0.3) is 0 Å². The van der Waals surface area contributed by atoms with Gasteiger partial charge < -0.3 is 10.4 Å². The number of hydrogen-bond donors (Lipinski definition) is 3. The maximum atomic E-state index is 11.6. The lowest BCUT2D eigenvalue weighted by molar-refractivity contribution is -0.121. The molecule has 2 fully saturated rings. The van der Waals surface area contributed by atoms with E-state index >= 15 is 0 Å². The SMILES string of the molecule is O=C(CN1CC[C@@H](O)C1)NC(=O)NC1CCCC1. The molecular formula is C12H21N3O3. The summed E-state index contributed by atoms with van der Waals surface area (Å²) < 4.78 is 0. The van der Waals surface area contributed by atoms with Gasteiger partial charge in [-0.1, -0.05) is 12.8 Å². The van der Waals surface area contributed by atoms with Crippen LogP contribution in [-0.4, -0.2) is 53.7 Å². The Labute approximate surface area is 107 Å². The maximum Gasteiger partial charge on any atom is 0.321 e. The van der Waals surface area contributed by atoms with Gasteiger partial charge in [0.15, 0.2) is 0 Å². The molecular weight excluding hydrogens is 234 g/mol. The number of nitrogens with zero attached hydrogens (tertiary/aromatic N) is 1. The van der Waals surface area contributed by atoms with Crippen LogP contribution in [0.15, 0.2) is 0 Å². The summed E-state index contributed by atoms with van der Waals surface area (Å²) in [5.41, 5.74) is 0. The predicted molar refractivity (Wildman–Crippen MR) is 66.0 cm³/mol. The zero-order valence-electron chi connectivity index (χ0n) is 10.5. The molecule has 0 aromatic carbocycles. The van der Waals surface area contributed by atoms with Crippen LogP contribution < -0.4 is 10.6 Å². The highest BCUT2D eigenvalue weighted by atomic mass is 16.3. The number of carbonyl (C=O) groups is 2. The zero-order valence-corrected chi connectivity index (χ0v) is 10.5. The third-order valence-electron chi connectivity index (χ3n) is 3.56. The molecule has 3 N–H and O–H groups in total. The number of urea groups is 1. The van der Waals surface area contributed by atoms with Crippen molar-refractivity contribution in [1.29, 1.82) is 0 Å². The van der Waals surface area contributed by atoms with Crippen molar-refractivity contribution in [2.45, 2.75) is 44.2 Å². The average Bonchev–Trinajstić information content (AvgIpc) is 2.90. The summed E-state index contributed by atoms with van der Waals surface area (Å²) in [5, 5.41) is 14.5. The topological polar surface area (TPSA) is 81.7 Å². The summed E-state index contributed by atoms with van der Waals surface area (Å²) in [6.07, 6.45) is 4.64. The number of aliphatic hydroxyl groups is 1. The number of carbonyl (C=O) groups excluding carboxylic acids is 2. The van der Waals surface area contributed by atoms with Crippen LogP contribution in [0.3, 0.4) is 0 Å². The number of β-amino-alcohol motifs (C(OH)–C–C–N with tert-alkyl or cyclic N) is 1. The lowest BCUT2D eigenvalue weighted by Crippen LogP contribution is -2.46. The molecule has 0 aromatic heterocycles. The zero-order chi connectivity index (χ0) is 13.0. The Morgan fingerprint density at radius 3 is 2.56 bits per heavy atom. The normalized spacial score (nSPS) is 25.3. The standard InChI is InChI=1S/C12H21N3O3/c16-10-5-6-15(7-10)8-11(17)14-12(18)13-9-3-1-2-4-9/h9-10,16H,1-8H2,(H2,13,14,17,18)/t10-/m1/s1. The monoisotopic (exact) mass is 255 g/mol. The van der Waals surface area contributed by atoms with Gasteiger partial charge in [-0.05, 0) is 19.3 Å². The second kappa shape index (κ2) is 6.15. The summed E-state index contributed by atoms with van der Waals surface area (Å²) in [6, 6.07) is -0.182. The summed E-state index contributed by atoms with van der Waals surface area (Å²) in [6.45, 7) is 1.39. The van der Waals surface area contributed by atoms with Gasteiger partial charge in [-0.2, -0.15) is 0 Å². The molecule has 1 saturated carbocycles. The van der Waals surface area contributed by atoms with Gasteiger partial charge in [0, 0.05) is 19.1 Å². The second-order valence-electron chi connectivity index (χ2n) is 5.18. The van der Waals surface area contributed by atoms with E-state index in [1.807, 2.05) is 4.90 Å². The smallest absolute Gasteiger partial charge is 0.321 e. The highest BCUT2D eigenvalue weighted by Crippen LogP contribution is 2.17. The Hall–Kier alpha value is -1.14. The molecule has 1 heterocycles. The van der Waals surface area contributed by atoms with Gasteiger partial charge in [-0.25, -0.2) is 4.79 Å². The van der Waals surface area contributed by atoms with Crippen LogP contribution in [0, 0.1) is 0 Å². The first kappa shape index (κ1) is 13.3. The van der Waals surface area contributed by atoms with Crippen LogP contribution in [-0.2, 0) is 4.79 Å². The van der Waals surface area contributed by atoms with Gasteiger partial charge >= 0.3 is 6.03 Å². The Kier molecular flexibility index (Phi) is 4.54. The second-order valence-corrected chi connectivity index (χ2v) is 5.18.